The third kappa shape index (κ3) is 9.38. The molecule has 274 valence electrons. The number of likely N-dealkylation sites (tertiary alicyclic amines) is 1. The molecule has 4 aromatic rings. The van der Waals surface area contributed by atoms with E-state index in [0.29, 0.717) is 22.2 Å². The molecular weight excluding hydrogens is 699 g/mol. The fourth-order valence-corrected chi connectivity index (χ4v) is 6.81. The predicted molar refractivity (Wildman–Crippen MR) is 180 cm³/mol. The first kappa shape index (κ1) is 37.6. The van der Waals surface area contributed by atoms with Gasteiger partial charge in [-0.15, -0.1) is 0 Å². The van der Waals surface area contributed by atoms with Crippen LogP contribution in [0.4, 0.5) is 32.7 Å². The molecule has 1 saturated heterocycles. The molecule has 0 radical (unpaired) electrons. The molecule has 2 aromatic carbocycles. The van der Waals surface area contributed by atoms with Crippen LogP contribution >= 0.6 is 0 Å². The maximum Gasteiger partial charge on any atom is 0.410 e. The van der Waals surface area contributed by atoms with Crippen LogP contribution < -0.4 is 10.1 Å². The van der Waals surface area contributed by atoms with Gasteiger partial charge in [0, 0.05) is 49.4 Å². The molecule has 1 aliphatic rings. The zero-order chi connectivity index (χ0) is 37.3. The summed E-state index contributed by atoms with van der Waals surface area (Å²) in [6.07, 6.45) is -3.65. The number of alkyl halides is 4. The highest BCUT2D eigenvalue weighted by Crippen LogP contribution is 2.39. The van der Waals surface area contributed by atoms with E-state index in [1.165, 1.54) is 29.4 Å². The molecule has 1 aliphatic heterocycles. The largest absolute Gasteiger partial charge is 0.444 e. The first-order chi connectivity index (χ1) is 23.8. The molecule has 2 atom stereocenters. The van der Waals surface area contributed by atoms with Crippen molar-refractivity contribution < 1.29 is 44.6 Å². The second kappa shape index (κ2) is 14.5. The number of fused-ring (bicyclic) bond motifs is 1. The minimum Gasteiger partial charge on any atom is -0.444 e. The van der Waals surface area contributed by atoms with Crippen LogP contribution in [0.2, 0.25) is 0 Å². The van der Waals surface area contributed by atoms with Crippen LogP contribution in [0.15, 0.2) is 54.9 Å². The van der Waals surface area contributed by atoms with Crippen molar-refractivity contribution in [2.45, 2.75) is 63.9 Å². The fraction of sp³-hybridized carbons (Fsp3) is 0.412. The quantitative estimate of drug-likeness (QED) is 0.181. The number of benzene rings is 2. The molecule has 0 bridgehead atoms. The number of sulfonamides is 1. The minimum absolute atomic E-state index is 0.0822. The molecule has 17 heteroatoms. The minimum atomic E-state index is -4.78. The smallest absolute Gasteiger partial charge is 0.410 e. The van der Waals surface area contributed by atoms with Gasteiger partial charge in [-0.05, 0) is 69.0 Å². The molecule has 3 heterocycles. The van der Waals surface area contributed by atoms with E-state index in [4.69, 9.17) is 9.47 Å². The maximum absolute atomic E-state index is 15.1. The topological polar surface area (TPSA) is 127 Å². The van der Waals surface area contributed by atoms with E-state index in [2.05, 4.69) is 20.3 Å². The number of aryl methyl sites for hydroxylation is 1. The SMILES string of the molecule is Cc1ccc2c(CS(=O)(=O)N(C)CC(F)(F)F)c(F)ccc2c1Oc1ncccc1-c1ccnc(NC2CC(F)CN(C(=O)OC(C)(C)C)C2)n1. The highest BCUT2D eigenvalue weighted by atomic mass is 32.2. The van der Waals surface area contributed by atoms with E-state index in [9.17, 15) is 30.8 Å². The lowest BCUT2D eigenvalue weighted by atomic mass is 10.0. The highest BCUT2D eigenvalue weighted by molar-refractivity contribution is 7.88. The summed E-state index contributed by atoms with van der Waals surface area (Å²) < 4.78 is 106. The van der Waals surface area contributed by atoms with Gasteiger partial charge in [0.05, 0.1) is 23.6 Å². The molecule has 1 amide bonds. The Labute approximate surface area is 291 Å². The van der Waals surface area contributed by atoms with E-state index in [1.807, 2.05) is 0 Å². The molecule has 0 spiro atoms. The summed E-state index contributed by atoms with van der Waals surface area (Å²) in [6.45, 7) is 5.23. The Kier molecular flexibility index (Phi) is 10.7. The average molecular weight is 737 g/mol. The van der Waals surface area contributed by atoms with E-state index in [-0.39, 0.29) is 52.3 Å². The summed E-state index contributed by atoms with van der Waals surface area (Å²) in [5, 5.41) is 3.53. The van der Waals surface area contributed by atoms with Crippen LogP contribution in [-0.4, -0.2) is 89.3 Å². The van der Waals surface area contributed by atoms with Gasteiger partial charge in [-0.1, -0.05) is 12.1 Å². The molecule has 0 aliphatic carbocycles. The molecule has 2 aromatic heterocycles. The van der Waals surface area contributed by atoms with Gasteiger partial charge in [0.25, 0.3) is 0 Å². The fourth-order valence-electron chi connectivity index (χ4n) is 5.59. The number of ether oxygens (including phenoxy) is 2. The van der Waals surface area contributed by atoms with Crippen molar-refractivity contribution in [2.75, 3.05) is 32.0 Å². The van der Waals surface area contributed by atoms with Gasteiger partial charge in [-0.25, -0.2) is 36.9 Å². The molecule has 5 rings (SSSR count). The maximum atomic E-state index is 15.1. The van der Waals surface area contributed by atoms with Crippen LogP contribution in [0.25, 0.3) is 22.0 Å². The van der Waals surface area contributed by atoms with E-state index in [0.717, 1.165) is 13.1 Å². The van der Waals surface area contributed by atoms with Crippen LogP contribution in [0.5, 0.6) is 11.6 Å². The number of aromatic nitrogens is 3. The Hall–Kier alpha value is -4.64. The van der Waals surface area contributed by atoms with Gasteiger partial charge in [0.2, 0.25) is 21.9 Å². The number of rotatable bonds is 9. The van der Waals surface area contributed by atoms with Crippen molar-refractivity contribution in [3.8, 4) is 22.9 Å². The lowest BCUT2D eigenvalue weighted by molar-refractivity contribution is -0.134. The highest BCUT2D eigenvalue weighted by Gasteiger charge is 2.35. The number of carbonyl (C=O) groups is 1. The number of anilines is 1. The standard InChI is InChI=1S/C34H37F5N6O5S/c1-20-8-9-23-24(10-11-27(36)26(23)18-51(47,48)44(5)19-34(37,38)39)29(20)49-30-25(7-6-13-40-30)28-12-14-41-31(43-28)42-22-15-21(35)16-45(17-22)32(46)50-33(2,3)4/h6-14,21-22H,15-19H2,1-5H3,(H,41,42,43). The van der Waals surface area contributed by atoms with Crippen molar-refractivity contribution in [2.24, 2.45) is 0 Å². The third-order valence-corrected chi connectivity index (χ3v) is 9.62. The molecule has 1 fully saturated rings. The summed E-state index contributed by atoms with van der Waals surface area (Å²) in [5.74, 6) is -1.48. The number of piperidine rings is 1. The van der Waals surface area contributed by atoms with Gasteiger partial charge >= 0.3 is 12.3 Å². The monoisotopic (exact) mass is 736 g/mol. The molecular formula is C34H37F5N6O5S. The van der Waals surface area contributed by atoms with Crippen molar-refractivity contribution in [3.05, 3.63) is 71.8 Å². The molecule has 1 N–H and O–H groups in total. The van der Waals surface area contributed by atoms with Crippen LogP contribution in [0.3, 0.4) is 0 Å². The Bertz CT molecular complexity index is 2030. The summed E-state index contributed by atoms with van der Waals surface area (Å²) in [4.78, 5) is 27.2. The van der Waals surface area contributed by atoms with Crippen LogP contribution in [0, 0.1) is 12.7 Å². The first-order valence-electron chi connectivity index (χ1n) is 15.9. The zero-order valence-electron chi connectivity index (χ0n) is 28.5. The van der Waals surface area contributed by atoms with Gasteiger partial charge in [0.15, 0.2) is 0 Å². The van der Waals surface area contributed by atoms with E-state index >= 15 is 4.39 Å². The molecule has 0 saturated carbocycles. The molecule has 2 unspecified atom stereocenters. The van der Waals surface area contributed by atoms with Gasteiger partial charge in [0.1, 0.15) is 29.9 Å². The van der Waals surface area contributed by atoms with E-state index in [1.54, 1.807) is 52.0 Å². The Balaban J connectivity index is 1.42. The third-order valence-electron chi connectivity index (χ3n) is 7.89. The average Bonchev–Trinajstić information content (AvgIpc) is 3.02. The number of nitrogens with one attached hydrogen (secondary N) is 1. The number of hydrogen-bond donors (Lipinski definition) is 1. The first-order valence-corrected chi connectivity index (χ1v) is 17.5. The van der Waals surface area contributed by atoms with Gasteiger partial charge < -0.3 is 19.7 Å². The number of halogens is 5. The summed E-state index contributed by atoms with van der Waals surface area (Å²) >= 11 is 0. The predicted octanol–water partition coefficient (Wildman–Crippen LogP) is 7.01. The van der Waals surface area contributed by atoms with Crippen molar-refractivity contribution in [1.82, 2.24) is 24.2 Å². The Morgan fingerprint density at radius 1 is 1.04 bits per heavy atom. The van der Waals surface area contributed by atoms with Gasteiger partial charge in [-0.2, -0.15) is 17.5 Å². The van der Waals surface area contributed by atoms with Crippen molar-refractivity contribution in [1.29, 1.82) is 0 Å². The van der Waals surface area contributed by atoms with Crippen molar-refractivity contribution in [3.63, 3.8) is 0 Å². The van der Waals surface area contributed by atoms with Crippen LogP contribution in [0.1, 0.15) is 38.3 Å². The normalized spacial score (nSPS) is 17.1. The molecule has 11 nitrogen and oxygen atoms in total. The number of amides is 1. The van der Waals surface area contributed by atoms with Gasteiger partial charge in [-0.3, -0.25) is 0 Å². The Morgan fingerprint density at radius 3 is 2.47 bits per heavy atom. The number of pyridine rings is 1. The second-order valence-electron chi connectivity index (χ2n) is 13.2. The summed E-state index contributed by atoms with van der Waals surface area (Å²) in [7, 11) is -3.78. The summed E-state index contributed by atoms with van der Waals surface area (Å²) in [6, 6.07) is 9.89. The second-order valence-corrected chi connectivity index (χ2v) is 15.3. The zero-order valence-corrected chi connectivity index (χ0v) is 29.3. The lowest BCUT2D eigenvalue weighted by Gasteiger charge is -2.36. The lowest BCUT2D eigenvalue weighted by Crippen LogP contribution is -2.51. The number of carbonyl (C=O) groups excluding carboxylic acids is 1. The number of nitrogens with zero attached hydrogens (tertiary/aromatic N) is 5. The van der Waals surface area contributed by atoms with Crippen LogP contribution in [-0.2, 0) is 20.5 Å². The van der Waals surface area contributed by atoms with Crippen molar-refractivity contribution >= 4 is 32.8 Å². The Morgan fingerprint density at radius 2 is 1.76 bits per heavy atom. The van der Waals surface area contributed by atoms with E-state index < -0.39 is 58.2 Å². The summed E-state index contributed by atoms with van der Waals surface area (Å²) in [5.41, 5.74) is 0.301. The number of hydrogen-bond acceptors (Lipinski definition) is 9. The molecule has 51 heavy (non-hydrogen) atoms.